The van der Waals surface area contributed by atoms with E-state index in [1.54, 1.807) is 0 Å². The molecule has 4 nitrogen and oxygen atoms in total. The van der Waals surface area contributed by atoms with Crippen LogP contribution in [0.3, 0.4) is 0 Å². The number of aliphatic hydroxyl groups is 1. The molecule has 2 aromatic rings. The second kappa shape index (κ2) is 6.13. The molecule has 4 heteroatoms. The number of benzene rings is 1. The molecule has 1 N–H and O–H groups in total. The molecule has 3 rings (SSSR count). The largest absolute Gasteiger partial charge is 0.396 e. The Morgan fingerprint density at radius 2 is 1.95 bits per heavy atom. The lowest BCUT2D eigenvalue weighted by Gasteiger charge is -2.40. The van der Waals surface area contributed by atoms with Crippen molar-refractivity contribution >= 4 is 16.8 Å². The number of hydrogen-bond acceptors (Lipinski definition) is 2. The standard InChI is InChI=1S/C18H24N2O2/c1-2-18(14-21)8-11-19(12-9-18)17(22)13-20-10-7-15-5-3-4-6-16(15)20/h3-7,10,21H,2,8-9,11-14H2,1H3. The summed E-state index contributed by atoms with van der Waals surface area (Å²) in [4.78, 5) is 14.5. The number of aromatic nitrogens is 1. The highest BCUT2D eigenvalue weighted by molar-refractivity contribution is 5.83. The van der Waals surface area contributed by atoms with E-state index in [1.165, 1.54) is 5.39 Å². The fourth-order valence-corrected chi connectivity index (χ4v) is 3.38. The van der Waals surface area contributed by atoms with Gasteiger partial charge in [-0.3, -0.25) is 4.79 Å². The Kier molecular flexibility index (Phi) is 4.21. The van der Waals surface area contributed by atoms with Crippen molar-refractivity contribution in [2.24, 2.45) is 5.41 Å². The van der Waals surface area contributed by atoms with Crippen LogP contribution in [0.2, 0.25) is 0 Å². The van der Waals surface area contributed by atoms with E-state index in [0.29, 0.717) is 6.54 Å². The maximum absolute atomic E-state index is 12.5. The monoisotopic (exact) mass is 300 g/mol. The number of amides is 1. The van der Waals surface area contributed by atoms with Crippen molar-refractivity contribution in [1.29, 1.82) is 0 Å². The van der Waals surface area contributed by atoms with Crippen molar-refractivity contribution < 1.29 is 9.90 Å². The van der Waals surface area contributed by atoms with Crippen molar-refractivity contribution in [2.45, 2.75) is 32.7 Å². The molecule has 1 aromatic heterocycles. The molecular weight excluding hydrogens is 276 g/mol. The van der Waals surface area contributed by atoms with Gasteiger partial charge in [-0.2, -0.15) is 0 Å². The fourth-order valence-electron chi connectivity index (χ4n) is 3.38. The van der Waals surface area contributed by atoms with Gasteiger partial charge in [0.25, 0.3) is 0 Å². The highest BCUT2D eigenvalue weighted by Gasteiger charge is 2.33. The van der Waals surface area contributed by atoms with Gasteiger partial charge in [-0.05, 0) is 42.2 Å². The Morgan fingerprint density at radius 1 is 1.23 bits per heavy atom. The first-order valence-corrected chi connectivity index (χ1v) is 8.10. The van der Waals surface area contributed by atoms with Gasteiger partial charge in [0.2, 0.25) is 5.91 Å². The number of fused-ring (bicyclic) bond motifs is 1. The molecule has 0 spiro atoms. The summed E-state index contributed by atoms with van der Waals surface area (Å²) in [7, 11) is 0. The first kappa shape index (κ1) is 15.1. The van der Waals surface area contributed by atoms with Crippen LogP contribution in [0.4, 0.5) is 0 Å². The Hall–Kier alpha value is -1.81. The van der Waals surface area contributed by atoms with Gasteiger partial charge in [0.05, 0.1) is 0 Å². The molecule has 0 atom stereocenters. The van der Waals surface area contributed by atoms with Crippen LogP contribution in [0.1, 0.15) is 26.2 Å². The van der Waals surface area contributed by atoms with Gasteiger partial charge >= 0.3 is 0 Å². The van der Waals surface area contributed by atoms with Gasteiger partial charge in [0, 0.05) is 31.4 Å². The van der Waals surface area contributed by atoms with Crippen LogP contribution in [0.5, 0.6) is 0 Å². The van der Waals surface area contributed by atoms with E-state index in [1.807, 2.05) is 39.9 Å². The SMILES string of the molecule is CCC1(CO)CCN(C(=O)Cn2ccc3ccccc32)CC1. The summed E-state index contributed by atoms with van der Waals surface area (Å²) in [5, 5.41) is 10.8. The van der Waals surface area contributed by atoms with Crippen LogP contribution in [-0.4, -0.2) is 40.2 Å². The second-order valence-corrected chi connectivity index (χ2v) is 6.39. The number of para-hydroxylation sites is 1. The van der Waals surface area contributed by atoms with Crippen LogP contribution in [0.15, 0.2) is 36.5 Å². The Labute approximate surface area is 131 Å². The number of aliphatic hydroxyl groups excluding tert-OH is 1. The minimum absolute atomic E-state index is 0.0247. The lowest BCUT2D eigenvalue weighted by atomic mass is 9.77. The fraction of sp³-hybridized carbons (Fsp3) is 0.500. The number of carbonyl (C=O) groups excluding carboxylic acids is 1. The van der Waals surface area contributed by atoms with Gasteiger partial charge in [0.1, 0.15) is 6.54 Å². The molecule has 0 unspecified atom stereocenters. The smallest absolute Gasteiger partial charge is 0.242 e. The van der Waals surface area contributed by atoms with Crippen LogP contribution in [-0.2, 0) is 11.3 Å². The lowest BCUT2D eigenvalue weighted by molar-refractivity contribution is -0.134. The predicted octanol–water partition coefficient (Wildman–Crippen LogP) is 2.65. The topological polar surface area (TPSA) is 45.5 Å². The first-order valence-electron chi connectivity index (χ1n) is 8.10. The summed E-state index contributed by atoms with van der Waals surface area (Å²) in [6.45, 7) is 4.26. The van der Waals surface area contributed by atoms with Gasteiger partial charge in [-0.25, -0.2) is 0 Å². The molecule has 0 bridgehead atoms. The molecular formula is C18H24N2O2. The maximum Gasteiger partial charge on any atom is 0.242 e. The normalized spacial score (nSPS) is 17.8. The van der Waals surface area contributed by atoms with Gasteiger partial charge in [-0.1, -0.05) is 25.1 Å². The number of likely N-dealkylation sites (tertiary alicyclic amines) is 1. The Bertz CT molecular complexity index is 648. The molecule has 0 radical (unpaired) electrons. The van der Waals surface area contributed by atoms with E-state index in [9.17, 15) is 9.90 Å². The Morgan fingerprint density at radius 3 is 2.64 bits per heavy atom. The second-order valence-electron chi connectivity index (χ2n) is 6.39. The predicted molar refractivity (Wildman–Crippen MR) is 87.6 cm³/mol. The van der Waals surface area contributed by atoms with Crippen molar-refractivity contribution in [3.63, 3.8) is 0 Å². The molecule has 1 amide bonds. The molecule has 1 aliphatic rings. The van der Waals surface area contributed by atoms with Crippen molar-refractivity contribution in [1.82, 2.24) is 9.47 Å². The van der Waals surface area contributed by atoms with Crippen LogP contribution < -0.4 is 0 Å². The molecule has 1 fully saturated rings. The van der Waals surface area contributed by atoms with Crippen molar-refractivity contribution in [2.75, 3.05) is 19.7 Å². The number of carbonyl (C=O) groups is 1. The zero-order valence-electron chi connectivity index (χ0n) is 13.2. The minimum Gasteiger partial charge on any atom is -0.396 e. The zero-order chi connectivity index (χ0) is 15.6. The number of hydrogen-bond donors (Lipinski definition) is 1. The highest BCUT2D eigenvalue weighted by Crippen LogP contribution is 2.34. The number of rotatable bonds is 4. The summed E-state index contributed by atoms with van der Waals surface area (Å²) >= 11 is 0. The summed E-state index contributed by atoms with van der Waals surface area (Å²) in [5.41, 5.74) is 1.13. The average Bonchev–Trinajstić information content (AvgIpc) is 2.98. The number of nitrogens with zero attached hydrogens (tertiary/aromatic N) is 2. The third-order valence-corrected chi connectivity index (χ3v) is 5.25. The average molecular weight is 300 g/mol. The van der Waals surface area contributed by atoms with Gasteiger partial charge < -0.3 is 14.6 Å². The van der Waals surface area contributed by atoms with E-state index in [0.717, 1.165) is 37.9 Å². The molecule has 1 saturated heterocycles. The molecule has 2 heterocycles. The minimum atomic E-state index is 0.0247. The molecule has 22 heavy (non-hydrogen) atoms. The quantitative estimate of drug-likeness (QED) is 0.943. The summed E-state index contributed by atoms with van der Waals surface area (Å²) < 4.78 is 2.02. The summed E-state index contributed by atoms with van der Waals surface area (Å²) in [6, 6.07) is 10.2. The lowest BCUT2D eigenvalue weighted by Crippen LogP contribution is -2.45. The van der Waals surface area contributed by atoms with E-state index in [-0.39, 0.29) is 17.9 Å². The van der Waals surface area contributed by atoms with Crippen molar-refractivity contribution in [3.05, 3.63) is 36.5 Å². The molecule has 0 saturated carbocycles. The highest BCUT2D eigenvalue weighted by atomic mass is 16.3. The van der Waals surface area contributed by atoms with Crippen LogP contribution in [0.25, 0.3) is 10.9 Å². The first-order chi connectivity index (χ1) is 10.7. The van der Waals surface area contributed by atoms with Crippen molar-refractivity contribution in [3.8, 4) is 0 Å². The summed E-state index contributed by atoms with van der Waals surface area (Å²) in [5.74, 6) is 0.170. The third-order valence-electron chi connectivity index (χ3n) is 5.25. The van der Waals surface area contributed by atoms with Gasteiger partial charge in [0.15, 0.2) is 0 Å². The van der Waals surface area contributed by atoms with E-state index in [2.05, 4.69) is 13.0 Å². The van der Waals surface area contributed by atoms with Gasteiger partial charge in [-0.15, -0.1) is 0 Å². The molecule has 1 aliphatic heterocycles. The number of piperidine rings is 1. The van der Waals surface area contributed by atoms with Crippen LogP contribution >= 0.6 is 0 Å². The van der Waals surface area contributed by atoms with E-state index >= 15 is 0 Å². The third kappa shape index (κ3) is 2.75. The summed E-state index contributed by atoms with van der Waals surface area (Å²) in [6.07, 6.45) is 4.76. The molecule has 1 aromatic carbocycles. The van der Waals surface area contributed by atoms with E-state index in [4.69, 9.17) is 0 Å². The zero-order valence-corrected chi connectivity index (χ0v) is 13.2. The molecule has 118 valence electrons. The van der Waals surface area contributed by atoms with Crippen LogP contribution in [0, 0.1) is 5.41 Å². The van der Waals surface area contributed by atoms with E-state index < -0.39 is 0 Å². The Balaban J connectivity index is 1.66. The maximum atomic E-state index is 12.5. The molecule has 0 aliphatic carbocycles.